The molecule has 0 bridgehead atoms. The van der Waals surface area contributed by atoms with Crippen LogP contribution in [-0.4, -0.2) is 25.5 Å². The Morgan fingerprint density at radius 2 is 2.04 bits per heavy atom. The second kappa shape index (κ2) is 7.74. The lowest BCUT2D eigenvalue weighted by atomic mass is 10.0. The molecule has 2 aromatic heterocycles. The monoisotopic (exact) mass is 364 g/mol. The van der Waals surface area contributed by atoms with Gasteiger partial charge in [-0.1, -0.05) is 26.0 Å². The van der Waals surface area contributed by atoms with Crippen molar-refractivity contribution in [3.05, 3.63) is 59.5 Å². The molecule has 27 heavy (non-hydrogen) atoms. The fourth-order valence-corrected chi connectivity index (χ4v) is 2.48. The van der Waals surface area contributed by atoms with Crippen LogP contribution in [-0.2, 0) is 13.8 Å². The Morgan fingerprint density at radius 1 is 1.30 bits per heavy atom. The summed E-state index contributed by atoms with van der Waals surface area (Å²) in [7, 11) is 1.65. The van der Waals surface area contributed by atoms with Gasteiger partial charge in [0.15, 0.2) is 12.4 Å². The fraction of sp³-hybridized carbons (Fsp3) is 0.263. The summed E-state index contributed by atoms with van der Waals surface area (Å²) in [5.41, 5.74) is 1.75. The number of hydrogen-bond donors (Lipinski definition) is 1. The number of aromatic nitrogens is 4. The van der Waals surface area contributed by atoms with Gasteiger partial charge in [0.25, 0.3) is 5.91 Å². The largest absolute Gasteiger partial charge is 0.471 e. The number of rotatable bonds is 6. The number of amides is 1. The zero-order valence-electron chi connectivity index (χ0n) is 15.4. The normalized spacial score (nSPS) is 10.6. The third-order valence-corrected chi connectivity index (χ3v) is 4.07. The minimum absolute atomic E-state index is 0.184. The van der Waals surface area contributed by atoms with E-state index in [0.717, 1.165) is 5.75 Å². The third kappa shape index (κ3) is 4.15. The molecule has 8 heteroatoms. The molecule has 1 aromatic carbocycles. The molecule has 0 atom stereocenters. The molecule has 2 heterocycles. The van der Waals surface area contributed by atoms with Crippen LogP contribution < -0.4 is 10.1 Å². The van der Waals surface area contributed by atoms with Gasteiger partial charge in [0.2, 0.25) is 0 Å². The predicted octanol–water partition coefficient (Wildman–Crippen LogP) is 2.90. The van der Waals surface area contributed by atoms with Crippen molar-refractivity contribution in [1.82, 2.24) is 19.6 Å². The van der Waals surface area contributed by atoms with Gasteiger partial charge in [0.05, 0.1) is 6.20 Å². The lowest BCUT2D eigenvalue weighted by molar-refractivity contribution is 0.101. The lowest BCUT2D eigenvalue weighted by Gasteiger charge is -2.09. The van der Waals surface area contributed by atoms with E-state index in [2.05, 4.69) is 29.4 Å². The van der Waals surface area contributed by atoms with Gasteiger partial charge in [-0.3, -0.25) is 9.48 Å². The molecule has 0 aliphatic heterocycles. The van der Waals surface area contributed by atoms with E-state index in [1.165, 1.54) is 21.1 Å². The van der Waals surface area contributed by atoms with Crippen molar-refractivity contribution in [1.29, 1.82) is 5.26 Å². The average molecular weight is 364 g/mol. The van der Waals surface area contributed by atoms with Gasteiger partial charge in [-0.25, -0.2) is 4.68 Å². The molecule has 3 aromatic rings. The minimum Gasteiger partial charge on any atom is -0.471 e. The summed E-state index contributed by atoms with van der Waals surface area (Å²) in [5, 5.41) is 19.9. The van der Waals surface area contributed by atoms with E-state index in [0.29, 0.717) is 17.3 Å². The molecule has 0 unspecified atom stereocenters. The molecule has 8 nitrogen and oxygen atoms in total. The summed E-state index contributed by atoms with van der Waals surface area (Å²) in [6, 6.07) is 11.5. The van der Waals surface area contributed by atoms with Crippen LogP contribution in [0.15, 0.2) is 42.7 Å². The number of ether oxygens (including phenoxy) is 1. The van der Waals surface area contributed by atoms with E-state index < -0.39 is 5.91 Å². The molecule has 1 amide bonds. The summed E-state index contributed by atoms with van der Waals surface area (Å²) in [6.45, 7) is 4.46. The van der Waals surface area contributed by atoms with E-state index in [9.17, 15) is 4.79 Å². The molecular formula is C19H20N6O2. The highest BCUT2D eigenvalue weighted by Crippen LogP contribution is 2.19. The van der Waals surface area contributed by atoms with Crippen molar-refractivity contribution in [3.8, 4) is 11.8 Å². The zero-order chi connectivity index (χ0) is 19.4. The summed E-state index contributed by atoms with van der Waals surface area (Å²) in [4.78, 5) is 12.3. The number of hydrogen-bond acceptors (Lipinski definition) is 5. The average Bonchev–Trinajstić information content (AvgIpc) is 3.27. The summed E-state index contributed by atoms with van der Waals surface area (Å²) in [6.07, 6.45) is 3.05. The van der Waals surface area contributed by atoms with Crippen molar-refractivity contribution >= 4 is 11.7 Å². The second-order valence-corrected chi connectivity index (χ2v) is 6.33. The van der Waals surface area contributed by atoms with E-state index >= 15 is 0 Å². The Balaban J connectivity index is 1.61. The molecule has 3 rings (SSSR count). The van der Waals surface area contributed by atoms with Crippen molar-refractivity contribution in [2.45, 2.75) is 26.5 Å². The standard InChI is InChI=1S/C19H20N6O2/c1-13(2)14-4-6-16(7-5-14)27-12-25-9-8-17(23-25)19(26)22-18-15(10-20)11-21-24(18)3/h4-9,11,13H,12H2,1-3H3,(H,22,26). The van der Waals surface area contributed by atoms with Crippen LogP contribution in [0.2, 0.25) is 0 Å². The Morgan fingerprint density at radius 3 is 2.70 bits per heavy atom. The molecule has 0 aliphatic rings. The van der Waals surface area contributed by atoms with E-state index in [-0.39, 0.29) is 12.4 Å². The number of carbonyl (C=O) groups excluding carboxylic acids is 1. The van der Waals surface area contributed by atoms with Crippen molar-refractivity contribution < 1.29 is 9.53 Å². The first-order chi connectivity index (χ1) is 13.0. The highest BCUT2D eigenvalue weighted by Gasteiger charge is 2.15. The molecule has 138 valence electrons. The molecule has 1 N–H and O–H groups in total. The highest BCUT2D eigenvalue weighted by atomic mass is 16.5. The first kappa shape index (κ1) is 18.2. The van der Waals surface area contributed by atoms with Crippen LogP contribution in [0.3, 0.4) is 0 Å². The molecular weight excluding hydrogens is 344 g/mol. The molecule has 0 saturated carbocycles. The maximum atomic E-state index is 12.3. The number of carbonyl (C=O) groups is 1. The van der Waals surface area contributed by atoms with Crippen molar-refractivity contribution in [2.24, 2.45) is 7.05 Å². The Hall–Kier alpha value is -3.60. The molecule has 0 fully saturated rings. The zero-order valence-corrected chi connectivity index (χ0v) is 15.4. The summed E-state index contributed by atoms with van der Waals surface area (Å²) in [5.74, 6) is 1.11. The third-order valence-electron chi connectivity index (χ3n) is 4.07. The van der Waals surface area contributed by atoms with E-state index in [1.54, 1.807) is 19.3 Å². The Kier molecular flexibility index (Phi) is 5.22. The fourth-order valence-electron chi connectivity index (χ4n) is 2.48. The number of nitrogens with one attached hydrogen (secondary N) is 1. The quantitative estimate of drug-likeness (QED) is 0.725. The van der Waals surface area contributed by atoms with Crippen LogP contribution in [0.1, 0.15) is 41.4 Å². The van der Waals surface area contributed by atoms with Gasteiger partial charge in [0, 0.05) is 13.2 Å². The van der Waals surface area contributed by atoms with E-state index in [4.69, 9.17) is 10.00 Å². The Bertz CT molecular complexity index is 979. The minimum atomic E-state index is -0.421. The SMILES string of the molecule is CC(C)c1ccc(OCn2ccc(C(=O)Nc3c(C#N)cnn3C)n2)cc1. The van der Waals surface area contributed by atoms with Crippen LogP contribution in [0.4, 0.5) is 5.82 Å². The topological polar surface area (TPSA) is 97.8 Å². The predicted molar refractivity (Wildman–Crippen MR) is 99.3 cm³/mol. The summed E-state index contributed by atoms with van der Waals surface area (Å²) < 4.78 is 8.65. The smallest absolute Gasteiger partial charge is 0.277 e. The van der Waals surface area contributed by atoms with Crippen LogP contribution in [0.25, 0.3) is 0 Å². The van der Waals surface area contributed by atoms with Gasteiger partial charge in [-0.2, -0.15) is 15.5 Å². The molecule has 0 saturated heterocycles. The van der Waals surface area contributed by atoms with Crippen LogP contribution in [0.5, 0.6) is 5.75 Å². The van der Waals surface area contributed by atoms with Crippen LogP contribution in [0, 0.1) is 11.3 Å². The van der Waals surface area contributed by atoms with Crippen molar-refractivity contribution in [2.75, 3.05) is 5.32 Å². The Labute approximate surface area is 157 Å². The maximum Gasteiger partial charge on any atom is 0.277 e. The number of aryl methyl sites for hydroxylation is 1. The highest BCUT2D eigenvalue weighted by molar-refractivity contribution is 6.02. The van der Waals surface area contributed by atoms with Gasteiger partial charge in [0.1, 0.15) is 23.2 Å². The van der Waals surface area contributed by atoms with Gasteiger partial charge in [-0.15, -0.1) is 0 Å². The first-order valence-corrected chi connectivity index (χ1v) is 8.47. The summed E-state index contributed by atoms with van der Waals surface area (Å²) >= 11 is 0. The number of anilines is 1. The van der Waals surface area contributed by atoms with Gasteiger partial charge < -0.3 is 10.1 Å². The van der Waals surface area contributed by atoms with Gasteiger partial charge >= 0.3 is 0 Å². The van der Waals surface area contributed by atoms with Crippen LogP contribution >= 0.6 is 0 Å². The van der Waals surface area contributed by atoms with Gasteiger partial charge in [-0.05, 0) is 29.7 Å². The maximum absolute atomic E-state index is 12.3. The number of nitrogens with zero attached hydrogens (tertiary/aromatic N) is 5. The first-order valence-electron chi connectivity index (χ1n) is 8.47. The van der Waals surface area contributed by atoms with E-state index in [1.807, 2.05) is 30.3 Å². The van der Waals surface area contributed by atoms with Crippen molar-refractivity contribution in [3.63, 3.8) is 0 Å². The molecule has 0 aliphatic carbocycles. The number of nitriles is 1. The number of benzene rings is 1. The second-order valence-electron chi connectivity index (χ2n) is 6.33. The molecule has 0 radical (unpaired) electrons. The lowest BCUT2D eigenvalue weighted by Crippen LogP contribution is -2.17. The molecule has 0 spiro atoms.